The van der Waals surface area contributed by atoms with E-state index in [0.717, 1.165) is 19.4 Å². The van der Waals surface area contributed by atoms with E-state index in [0.29, 0.717) is 43.4 Å². The van der Waals surface area contributed by atoms with Crippen molar-refractivity contribution >= 4 is 17.9 Å². The summed E-state index contributed by atoms with van der Waals surface area (Å²) < 4.78 is 0.640. The van der Waals surface area contributed by atoms with Gasteiger partial charge in [-0.15, -0.1) is 0 Å². The van der Waals surface area contributed by atoms with E-state index in [-0.39, 0.29) is 19.3 Å². The van der Waals surface area contributed by atoms with Crippen LogP contribution in [0.3, 0.4) is 0 Å². The molecule has 0 spiro atoms. The van der Waals surface area contributed by atoms with Crippen LogP contribution in [0, 0.1) is 0 Å². The number of carboxylic acids is 3. The first-order chi connectivity index (χ1) is 16.3. The first-order valence-corrected chi connectivity index (χ1v) is 13.4. The summed E-state index contributed by atoms with van der Waals surface area (Å²) in [7, 11) is 0. The lowest BCUT2D eigenvalue weighted by Gasteiger charge is -2.39. The Balaban J connectivity index is 4.43. The molecular formula is C27H50NO6+. The average Bonchev–Trinajstić information content (AvgIpc) is 2.76. The van der Waals surface area contributed by atoms with Crippen molar-refractivity contribution in [1.82, 2.24) is 0 Å². The Labute approximate surface area is 206 Å². The molecule has 0 rings (SSSR count). The SMILES string of the molecule is C/C=C/CCCCCCCCCCCC[N+](CCCC(=O)O)(CCCC(=O)O)CCCC(=O)O. The Hall–Kier alpha value is -1.89. The van der Waals surface area contributed by atoms with Gasteiger partial charge in [0, 0.05) is 19.3 Å². The number of carbonyl (C=O) groups is 3. The zero-order chi connectivity index (χ0) is 25.5. The third-order valence-corrected chi connectivity index (χ3v) is 6.56. The average molecular weight is 485 g/mol. The number of hydrogen-bond donors (Lipinski definition) is 3. The van der Waals surface area contributed by atoms with Gasteiger partial charge in [0.2, 0.25) is 0 Å². The van der Waals surface area contributed by atoms with Crippen molar-refractivity contribution in [2.24, 2.45) is 0 Å². The Bertz CT molecular complexity index is 525. The van der Waals surface area contributed by atoms with Crippen LogP contribution in [0.4, 0.5) is 0 Å². The largest absolute Gasteiger partial charge is 0.481 e. The summed E-state index contributed by atoms with van der Waals surface area (Å²) in [5.41, 5.74) is 0. The van der Waals surface area contributed by atoms with Gasteiger partial charge in [-0.25, -0.2) is 0 Å². The van der Waals surface area contributed by atoms with Crippen LogP contribution < -0.4 is 0 Å². The van der Waals surface area contributed by atoms with Crippen LogP contribution in [-0.2, 0) is 14.4 Å². The molecule has 198 valence electrons. The fraction of sp³-hybridized carbons (Fsp3) is 0.815. The molecule has 0 atom stereocenters. The molecule has 0 aromatic rings. The maximum absolute atomic E-state index is 11.0. The minimum atomic E-state index is -0.827. The van der Waals surface area contributed by atoms with E-state index < -0.39 is 17.9 Å². The number of allylic oxidation sites excluding steroid dienone is 2. The number of unbranched alkanes of at least 4 members (excludes halogenated alkanes) is 10. The molecule has 0 saturated carbocycles. The van der Waals surface area contributed by atoms with Crippen molar-refractivity contribution in [3.8, 4) is 0 Å². The standard InChI is InChI=1S/C27H49NO6/c1-2-3-4-5-6-7-8-9-10-11-12-13-14-21-28(22-15-18-25(29)30,23-16-19-26(31)32)24-17-20-27(33)34/h2-3H,4-24H2,1H3,(H2-,29,30,31,32,33,34)/p+1/b3-2+. The molecule has 3 N–H and O–H groups in total. The number of rotatable bonds is 25. The van der Waals surface area contributed by atoms with E-state index in [1.54, 1.807) is 0 Å². The molecule has 0 aliphatic heterocycles. The second-order valence-electron chi connectivity index (χ2n) is 9.62. The summed E-state index contributed by atoms with van der Waals surface area (Å²) in [4.78, 5) is 33.0. The smallest absolute Gasteiger partial charge is 0.303 e. The highest BCUT2D eigenvalue weighted by Gasteiger charge is 2.27. The van der Waals surface area contributed by atoms with E-state index in [9.17, 15) is 14.4 Å². The quantitative estimate of drug-likeness (QED) is 0.0800. The Morgan fingerprint density at radius 2 is 0.853 bits per heavy atom. The second kappa shape index (κ2) is 21.6. The molecule has 0 fully saturated rings. The Morgan fingerprint density at radius 3 is 1.21 bits per heavy atom. The fourth-order valence-electron chi connectivity index (χ4n) is 4.66. The molecule has 7 nitrogen and oxygen atoms in total. The first-order valence-electron chi connectivity index (χ1n) is 13.4. The molecule has 0 bridgehead atoms. The first kappa shape index (κ1) is 32.1. The lowest BCUT2D eigenvalue weighted by atomic mass is 10.0. The highest BCUT2D eigenvalue weighted by Crippen LogP contribution is 2.18. The van der Waals surface area contributed by atoms with E-state index in [1.165, 1.54) is 57.8 Å². The molecule has 0 aromatic carbocycles. The summed E-state index contributed by atoms with van der Waals surface area (Å²) in [6, 6.07) is 0. The second-order valence-corrected chi connectivity index (χ2v) is 9.62. The molecule has 0 aliphatic carbocycles. The van der Waals surface area contributed by atoms with Crippen molar-refractivity contribution in [2.45, 2.75) is 116 Å². The molecule has 7 heteroatoms. The number of quaternary nitrogens is 1. The number of aliphatic carboxylic acids is 3. The Morgan fingerprint density at radius 1 is 0.529 bits per heavy atom. The molecule has 0 heterocycles. The number of carboxylic acid groups (broad SMARTS) is 3. The molecule has 0 saturated heterocycles. The summed E-state index contributed by atoms with van der Waals surface area (Å²) in [6.45, 7) is 4.93. The minimum Gasteiger partial charge on any atom is -0.481 e. The maximum atomic E-state index is 11.0. The highest BCUT2D eigenvalue weighted by molar-refractivity contribution is 5.67. The summed E-state index contributed by atoms with van der Waals surface area (Å²) in [6.07, 6.45) is 19.7. The lowest BCUT2D eigenvalue weighted by Crippen LogP contribution is -2.51. The highest BCUT2D eigenvalue weighted by atomic mass is 16.4. The van der Waals surface area contributed by atoms with Gasteiger partial charge in [0.05, 0.1) is 45.4 Å². The minimum absolute atomic E-state index is 0.0904. The normalized spacial score (nSPS) is 11.8. The van der Waals surface area contributed by atoms with Gasteiger partial charge in [0.15, 0.2) is 0 Å². The van der Waals surface area contributed by atoms with Gasteiger partial charge in [0.1, 0.15) is 0 Å². The van der Waals surface area contributed by atoms with Crippen LogP contribution in [0.15, 0.2) is 12.2 Å². The summed E-state index contributed by atoms with van der Waals surface area (Å²) in [5, 5.41) is 27.1. The molecule has 0 aromatic heterocycles. The molecule has 0 aliphatic rings. The van der Waals surface area contributed by atoms with E-state index in [4.69, 9.17) is 15.3 Å². The van der Waals surface area contributed by atoms with Gasteiger partial charge in [-0.3, -0.25) is 14.4 Å². The van der Waals surface area contributed by atoms with Gasteiger partial charge < -0.3 is 19.8 Å². The third-order valence-electron chi connectivity index (χ3n) is 6.56. The van der Waals surface area contributed by atoms with E-state index in [1.807, 2.05) is 0 Å². The molecule has 34 heavy (non-hydrogen) atoms. The predicted octanol–water partition coefficient (Wildman–Crippen LogP) is 6.26. The van der Waals surface area contributed by atoms with Gasteiger partial charge in [-0.2, -0.15) is 0 Å². The number of hydrogen-bond acceptors (Lipinski definition) is 3. The molecule has 0 amide bonds. The van der Waals surface area contributed by atoms with E-state index >= 15 is 0 Å². The Kier molecular flexibility index (Phi) is 20.4. The van der Waals surface area contributed by atoms with Gasteiger partial charge in [-0.05, 0) is 32.6 Å². The van der Waals surface area contributed by atoms with Crippen molar-refractivity contribution < 1.29 is 34.2 Å². The summed E-state index contributed by atoms with van der Waals surface area (Å²) in [5.74, 6) is -2.48. The van der Waals surface area contributed by atoms with Gasteiger partial charge in [-0.1, -0.05) is 57.1 Å². The van der Waals surface area contributed by atoms with Crippen molar-refractivity contribution in [3.05, 3.63) is 12.2 Å². The van der Waals surface area contributed by atoms with Crippen LogP contribution in [0.2, 0.25) is 0 Å². The third kappa shape index (κ3) is 20.7. The topological polar surface area (TPSA) is 112 Å². The molecule has 0 unspecified atom stereocenters. The van der Waals surface area contributed by atoms with Crippen molar-refractivity contribution in [3.63, 3.8) is 0 Å². The molecular weight excluding hydrogens is 434 g/mol. The van der Waals surface area contributed by atoms with Crippen molar-refractivity contribution in [1.29, 1.82) is 0 Å². The maximum Gasteiger partial charge on any atom is 0.303 e. The van der Waals surface area contributed by atoms with Gasteiger partial charge >= 0.3 is 17.9 Å². The van der Waals surface area contributed by atoms with Crippen LogP contribution in [-0.4, -0.2) is 63.9 Å². The number of nitrogens with zero attached hydrogens (tertiary/aromatic N) is 1. The molecule has 0 radical (unpaired) electrons. The zero-order valence-electron chi connectivity index (χ0n) is 21.5. The monoisotopic (exact) mass is 484 g/mol. The van der Waals surface area contributed by atoms with E-state index in [2.05, 4.69) is 19.1 Å². The fourth-order valence-corrected chi connectivity index (χ4v) is 4.66. The van der Waals surface area contributed by atoms with Crippen LogP contribution >= 0.6 is 0 Å². The zero-order valence-corrected chi connectivity index (χ0v) is 21.5. The van der Waals surface area contributed by atoms with Crippen LogP contribution in [0.5, 0.6) is 0 Å². The summed E-state index contributed by atoms with van der Waals surface area (Å²) >= 11 is 0. The lowest BCUT2D eigenvalue weighted by molar-refractivity contribution is -0.929. The van der Waals surface area contributed by atoms with Crippen molar-refractivity contribution in [2.75, 3.05) is 26.2 Å². The van der Waals surface area contributed by atoms with Crippen LogP contribution in [0.1, 0.15) is 116 Å². The predicted molar refractivity (Wildman–Crippen MR) is 136 cm³/mol. The van der Waals surface area contributed by atoms with Gasteiger partial charge in [0.25, 0.3) is 0 Å². The van der Waals surface area contributed by atoms with Crippen LogP contribution in [0.25, 0.3) is 0 Å².